The van der Waals surface area contributed by atoms with Gasteiger partial charge in [-0.05, 0) is 69.0 Å². The van der Waals surface area contributed by atoms with E-state index >= 15 is 0 Å². The van der Waals surface area contributed by atoms with Crippen LogP contribution in [-0.4, -0.2) is 19.6 Å². The molecule has 0 bridgehead atoms. The second-order valence-corrected chi connectivity index (χ2v) is 7.24. The molecule has 152 valence electrons. The average molecular weight is 395 g/mol. The third kappa shape index (κ3) is 4.34. The molecule has 4 nitrogen and oxygen atoms in total. The van der Waals surface area contributed by atoms with E-state index in [0.717, 1.165) is 44.6 Å². The summed E-state index contributed by atoms with van der Waals surface area (Å²) in [5.41, 5.74) is 5.47. The second-order valence-electron chi connectivity index (χ2n) is 7.24. The number of hydrogen-bond acceptors (Lipinski definition) is 3. The maximum atomic E-state index is 13.0. The molecule has 29 heavy (non-hydrogen) atoms. The zero-order chi connectivity index (χ0) is 21.1. The highest BCUT2D eigenvalue weighted by Crippen LogP contribution is 2.38. The number of allylic oxidation sites excluding steroid dienone is 1. The van der Waals surface area contributed by atoms with Crippen molar-refractivity contribution in [1.29, 1.82) is 0 Å². The first-order valence-electron chi connectivity index (χ1n) is 9.60. The van der Waals surface area contributed by atoms with E-state index in [0.29, 0.717) is 18.7 Å². The average Bonchev–Trinajstić information content (AvgIpc) is 2.98. The number of carbonyl (C=O) groups excluding carboxylic acids is 1. The van der Waals surface area contributed by atoms with Crippen molar-refractivity contribution in [1.82, 2.24) is 5.32 Å². The van der Waals surface area contributed by atoms with Crippen LogP contribution in [0.2, 0.25) is 0 Å². The summed E-state index contributed by atoms with van der Waals surface area (Å²) in [7, 11) is 1.62. The van der Waals surface area contributed by atoms with Crippen LogP contribution in [0.3, 0.4) is 0 Å². The molecule has 3 rings (SSSR count). The first-order valence-corrected chi connectivity index (χ1v) is 9.60. The van der Waals surface area contributed by atoms with Crippen LogP contribution in [0.4, 0.5) is 4.39 Å². The molecule has 2 aromatic carbocycles. The zero-order valence-corrected chi connectivity index (χ0v) is 17.5. The Morgan fingerprint density at radius 1 is 1.17 bits per heavy atom. The number of benzene rings is 2. The van der Waals surface area contributed by atoms with E-state index in [2.05, 4.69) is 5.32 Å². The Morgan fingerprint density at radius 2 is 1.86 bits per heavy atom. The summed E-state index contributed by atoms with van der Waals surface area (Å²) in [6.07, 6.45) is 2.22. The number of fused-ring (bicyclic) bond motifs is 1. The topological polar surface area (TPSA) is 51.5 Å². The number of aryl methyl sites for hydroxylation is 3. The summed E-state index contributed by atoms with van der Waals surface area (Å²) in [4.78, 5) is 12.4. The number of methoxy groups -OCH3 is 1. The molecular formula is C24H26FNO3. The van der Waals surface area contributed by atoms with Crippen molar-refractivity contribution in [2.24, 2.45) is 0 Å². The van der Waals surface area contributed by atoms with Gasteiger partial charge in [-0.2, -0.15) is 0 Å². The minimum absolute atomic E-state index is 0.176. The number of rotatable bonds is 6. The van der Waals surface area contributed by atoms with Gasteiger partial charge in [0.1, 0.15) is 22.9 Å². The molecule has 1 amide bonds. The van der Waals surface area contributed by atoms with E-state index in [1.807, 2.05) is 33.8 Å². The molecule has 0 unspecified atom stereocenters. The minimum Gasteiger partial charge on any atom is -0.496 e. The van der Waals surface area contributed by atoms with Crippen LogP contribution in [0.5, 0.6) is 5.75 Å². The van der Waals surface area contributed by atoms with Crippen LogP contribution in [0.15, 0.2) is 40.8 Å². The molecule has 1 aromatic heterocycles. The quantitative estimate of drug-likeness (QED) is 0.579. The predicted octanol–water partition coefficient (Wildman–Crippen LogP) is 5.27. The highest BCUT2D eigenvalue weighted by Gasteiger charge is 2.18. The molecule has 3 aromatic rings. The van der Waals surface area contributed by atoms with Gasteiger partial charge in [0.15, 0.2) is 0 Å². The first kappa shape index (κ1) is 20.6. The number of halogens is 1. The Hall–Kier alpha value is -3.08. The van der Waals surface area contributed by atoms with E-state index in [-0.39, 0.29) is 11.7 Å². The SMILES string of the molecule is COc1c(/C(C)=C/C(=O)NCCc2ccc(F)cc2)cc2c(C)c(C)oc2c1C. The molecule has 0 atom stereocenters. The minimum atomic E-state index is -0.263. The standard InChI is InChI=1S/C24H26FNO3/c1-14(12-22(27)26-11-10-18-6-8-19(25)9-7-18)20-13-21-15(2)17(4)29-24(21)16(3)23(20)28-5/h6-9,12-13H,10-11H2,1-5H3,(H,26,27)/b14-12+. The molecule has 0 aliphatic heterocycles. The molecule has 1 N–H and O–H groups in total. The third-order valence-corrected chi connectivity index (χ3v) is 5.25. The smallest absolute Gasteiger partial charge is 0.244 e. The Bertz CT molecular complexity index is 1080. The Balaban J connectivity index is 1.79. The van der Waals surface area contributed by atoms with E-state index < -0.39 is 0 Å². The van der Waals surface area contributed by atoms with Crippen molar-refractivity contribution in [3.63, 3.8) is 0 Å². The second kappa shape index (κ2) is 8.52. The summed E-state index contributed by atoms with van der Waals surface area (Å²) < 4.78 is 24.5. The predicted molar refractivity (Wildman–Crippen MR) is 114 cm³/mol. The molecule has 0 aliphatic rings. The van der Waals surface area contributed by atoms with Crippen LogP contribution in [-0.2, 0) is 11.2 Å². The van der Waals surface area contributed by atoms with Crippen molar-refractivity contribution >= 4 is 22.4 Å². The van der Waals surface area contributed by atoms with Gasteiger partial charge >= 0.3 is 0 Å². The molecular weight excluding hydrogens is 369 g/mol. The highest BCUT2D eigenvalue weighted by molar-refractivity contribution is 5.98. The van der Waals surface area contributed by atoms with Crippen LogP contribution in [0.25, 0.3) is 16.5 Å². The summed E-state index contributed by atoms with van der Waals surface area (Å²) in [5, 5.41) is 3.91. The monoisotopic (exact) mass is 395 g/mol. The third-order valence-electron chi connectivity index (χ3n) is 5.25. The molecule has 0 spiro atoms. The van der Waals surface area contributed by atoms with Crippen molar-refractivity contribution in [3.8, 4) is 5.75 Å². The van der Waals surface area contributed by atoms with Gasteiger partial charge < -0.3 is 14.5 Å². The maximum absolute atomic E-state index is 13.0. The molecule has 0 radical (unpaired) electrons. The Labute approximate surface area is 170 Å². The molecule has 0 saturated heterocycles. The number of ether oxygens (including phenoxy) is 1. The van der Waals surface area contributed by atoms with Gasteiger partial charge in [0.25, 0.3) is 0 Å². The van der Waals surface area contributed by atoms with Crippen molar-refractivity contribution in [2.75, 3.05) is 13.7 Å². The molecule has 0 aliphatic carbocycles. The zero-order valence-electron chi connectivity index (χ0n) is 17.5. The van der Waals surface area contributed by atoms with Crippen molar-refractivity contribution < 1.29 is 18.3 Å². The van der Waals surface area contributed by atoms with Crippen LogP contribution in [0, 0.1) is 26.6 Å². The molecule has 0 fully saturated rings. The number of hydrogen-bond donors (Lipinski definition) is 1. The largest absolute Gasteiger partial charge is 0.496 e. The number of nitrogens with one attached hydrogen (secondary N) is 1. The van der Waals surface area contributed by atoms with Crippen molar-refractivity contribution in [3.05, 3.63) is 70.2 Å². The number of carbonyl (C=O) groups is 1. The van der Waals surface area contributed by atoms with E-state index in [1.54, 1.807) is 25.3 Å². The summed E-state index contributed by atoms with van der Waals surface area (Å²) >= 11 is 0. The normalized spacial score (nSPS) is 11.7. The lowest BCUT2D eigenvalue weighted by atomic mass is 9.98. The van der Waals surface area contributed by atoms with E-state index in [1.165, 1.54) is 12.1 Å². The van der Waals surface area contributed by atoms with Crippen molar-refractivity contribution in [2.45, 2.75) is 34.1 Å². The lowest BCUT2D eigenvalue weighted by Gasteiger charge is -2.13. The molecule has 5 heteroatoms. The number of amides is 1. The number of furan rings is 1. The van der Waals surface area contributed by atoms with Gasteiger partial charge in [-0.1, -0.05) is 12.1 Å². The van der Waals surface area contributed by atoms with Gasteiger partial charge in [0.2, 0.25) is 5.91 Å². The van der Waals surface area contributed by atoms with Gasteiger partial charge in [-0.25, -0.2) is 4.39 Å². The van der Waals surface area contributed by atoms with E-state index in [4.69, 9.17) is 9.15 Å². The van der Waals surface area contributed by atoms with Crippen LogP contribution < -0.4 is 10.1 Å². The van der Waals surface area contributed by atoms with Crippen LogP contribution in [0.1, 0.15) is 34.9 Å². The van der Waals surface area contributed by atoms with Gasteiger partial charge in [-0.3, -0.25) is 4.79 Å². The summed E-state index contributed by atoms with van der Waals surface area (Å²) in [5.74, 6) is 1.15. The first-order chi connectivity index (χ1) is 13.8. The highest BCUT2D eigenvalue weighted by atomic mass is 19.1. The Kier molecular flexibility index (Phi) is 6.06. The Morgan fingerprint density at radius 3 is 2.52 bits per heavy atom. The fraction of sp³-hybridized carbons (Fsp3) is 0.292. The summed E-state index contributed by atoms with van der Waals surface area (Å²) in [6, 6.07) is 8.31. The lowest BCUT2D eigenvalue weighted by Crippen LogP contribution is -2.23. The maximum Gasteiger partial charge on any atom is 0.244 e. The molecule has 0 saturated carbocycles. The van der Waals surface area contributed by atoms with Gasteiger partial charge in [0.05, 0.1) is 7.11 Å². The summed E-state index contributed by atoms with van der Waals surface area (Å²) in [6.45, 7) is 8.30. The van der Waals surface area contributed by atoms with Gasteiger partial charge in [0, 0.05) is 29.1 Å². The van der Waals surface area contributed by atoms with E-state index in [9.17, 15) is 9.18 Å². The fourth-order valence-electron chi connectivity index (χ4n) is 3.47. The lowest BCUT2D eigenvalue weighted by molar-refractivity contribution is -0.116. The fourth-order valence-corrected chi connectivity index (χ4v) is 3.47. The van der Waals surface area contributed by atoms with Gasteiger partial charge in [-0.15, -0.1) is 0 Å². The van der Waals surface area contributed by atoms with Crippen LogP contribution >= 0.6 is 0 Å². The molecule has 1 heterocycles.